The van der Waals surface area contributed by atoms with Gasteiger partial charge in [0.05, 0.1) is 18.7 Å². The van der Waals surface area contributed by atoms with Gasteiger partial charge in [-0.05, 0) is 46.0 Å². The molecule has 5 heteroatoms. The molecule has 0 aliphatic carbocycles. The van der Waals surface area contributed by atoms with Gasteiger partial charge >= 0.3 is 5.97 Å². The molecule has 0 fully saturated rings. The number of hydrogen-bond acceptors (Lipinski definition) is 4. The van der Waals surface area contributed by atoms with Crippen LogP contribution < -0.4 is 10.5 Å². The predicted octanol–water partition coefficient (Wildman–Crippen LogP) is 3.05. The van der Waals surface area contributed by atoms with E-state index in [0.717, 1.165) is 22.2 Å². The van der Waals surface area contributed by atoms with Crippen LogP contribution in [0.3, 0.4) is 0 Å². The van der Waals surface area contributed by atoms with E-state index in [0.29, 0.717) is 6.42 Å². The Morgan fingerprint density at radius 2 is 2.11 bits per heavy atom. The quantitative estimate of drug-likeness (QED) is 0.815. The van der Waals surface area contributed by atoms with Gasteiger partial charge in [-0.1, -0.05) is 13.0 Å². The summed E-state index contributed by atoms with van der Waals surface area (Å²) in [5.74, 6) is 0.762. The van der Waals surface area contributed by atoms with Crippen molar-refractivity contribution in [2.75, 3.05) is 14.2 Å². The lowest BCUT2D eigenvalue weighted by Crippen LogP contribution is -2.16. The van der Waals surface area contributed by atoms with Gasteiger partial charge in [-0.3, -0.25) is 4.79 Å². The predicted molar refractivity (Wildman–Crippen MR) is 78.0 cm³/mol. The first kappa shape index (κ1) is 16.0. The first-order valence-electron chi connectivity index (χ1n) is 6.13. The second-order valence-electron chi connectivity index (χ2n) is 4.62. The first-order chi connectivity index (χ1) is 8.97. The third-order valence-corrected chi connectivity index (χ3v) is 3.62. The Balaban J connectivity index is 2.65. The molecule has 0 heterocycles. The van der Waals surface area contributed by atoms with E-state index in [1.54, 1.807) is 7.11 Å². The molecule has 106 valence electrons. The third kappa shape index (κ3) is 4.84. The molecule has 1 aromatic rings. The van der Waals surface area contributed by atoms with E-state index in [9.17, 15) is 4.79 Å². The molecule has 0 saturated carbocycles. The molecule has 2 unspecified atom stereocenters. The van der Waals surface area contributed by atoms with E-state index < -0.39 is 0 Å². The number of nitrogens with two attached hydrogens (primary N) is 1. The minimum Gasteiger partial charge on any atom is -0.496 e. The van der Waals surface area contributed by atoms with Crippen LogP contribution in [0.25, 0.3) is 0 Å². The number of benzene rings is 1. The molecule has 1 rings (SSSR count). The molecular formula is C14H20BrNO3. The molecule has 0 aliphatic heterocycles. The van der Waals surface area contributed by atoms with Crippen LogP contribution in [0, 0.1) is 5.92 Å². The molecule has 4 nitrogen and oxygen atoms in total. The Kier molecular flexibility index (Phi) is 6.31. The highest BCUT2D eigenvalue weighted by Gasteiger charge is 2.15. The summed E-state index contributed by atoms with van der Waals surface area (Å²) in [7, 11) is 3.02. The summed E-state index contributed by atoms with van der Waals surface area (Å²) in [4.78, 5) is 11.2. The van der Waals surface area contributed by atoms with Gasteiger partial charge in [-0.25, -0.2) is 0 Å². The van der Waals surface area contributed by atoms with E-state index in [1.807, 2.05) is 25.1 Å². The molecule has 0 amide bonds. The largest absolute Gasteiger partial charge is 0.496 e. The third-order valence-electron chi connectivity index (χ3n) is 3.00. The smallest absolute Gasteiger partial charge is 0.305 e. The summed E-state index contributed by atoms with van der Waals surface area (Å²) in [6.45, 7) is 2.00. The number of methoxy groups -OCH3 is 2. The van der Waals surface area contributed by atoms with E-state index in [2.05, 4.69) is 20.7 Å². The van der Waals surface area contributed by atoms with Crippen molar-refractivity contribution in [1.29, 1.82) is 0 Å². The Bertz CT molecular complexity index is 437. The van der Waals surface area contributed by atoms with E-state index in [1.165, 1.54) is 7.11 Å². The van der Waals surface area contributed by atoms with Crippen LogP contribution in [-0.2, 0) is 9.53 Å². The van der Waals surface area contributed by atoms with E-state index >= 15 is 0 Å². The second-order valence-corrected chi connectivity index (χ2v) is 5.48. The molecule has 0 aliphatic rings. The molecule has 2 atom stereocenters. The fourth-order valence-corrected chi connectivity index (χ4v) is 2.49. The van der Waals surface area contributed by atoms with Crippen LogP contribution in [0.1, 0.15) is 31.4 Å². The highest BCUT2D eigenvalue weighted by atomic mass is 79.9. The summed E-state index contributed by atoms with van der Waals surface area (Å²) >= 11 is 3.44. The SMILES string of the molecule is COC(=O)CC(C)CC(N)c1ccc(OC)c(Br)c1. The van der Waals surface area contributed by atoms with Crippen molar-refractivity contribution in [2.24, 2.45) is 11.7 Å². The molecule has 0 aromatic heterocycles. The van der Waals surface area contributed by atoms with Crippen LogP contribution in [0.2, 0.25) is 0 Å². The zero-order chi connectivity index (χ0) is 14.4. The lowest BCUT2D eigenvalue weighted by atomic mass is 9.94. The van der Waals surface area contributed by atoms with Crippen molar-refractivity contribution in [2.45, 2.75) is 25.8 Å². The lowest BCUT2D eigenvalue weighted by molar-refractivity contribution is -0.141. The molecule has 19 heavy (non-hydrogen) atoms. The fourth-order valence-electron chi connectivity index (χ4n) is 1.93. The summed E-state index contributed by atoms with van der Waals surface area (Å²) < 4.78 is 10.7. The van der Waals surface area contributed by atoms with Crippen LogP contribution in [0.4, 0.5) is 0 Å². The molecule has 0 saturated heterocycles. The average molecular weight is 330 g/mol. The average Bonchev–Trinajstić information content (AvgIpc) is 2.38. The number of carbonyl (C=O) groups excluding carboxylic acids is 1. The maximum Gasteiger partial charge on any atom is 0.305 e. The highest BCUT2D eigenvalue weighted by molar-refractivity contribution is 9.10. The van der Waals surface area contributed by atoms with Crippen molar-refractivity contribution in [3.05, 3.63) is 28.2 Å². The number of esters is 1. The first-order valence-corrected chi connectivity index (χ1v) is 6.93. The summed E-state index contributed by atoms with van der Waals surface area (Å²) in [6.07, 6.45) is 1.12. The molecule has 1 aromatic carbocycles. The minimum atomic E-state index is -0.199. The maximum atomic E-state index is 11.2. The lowest BCUT2D eigenvalue weighted by Gasteiger charge is -2.17. The number of rotatable bonds is 6. The van der Waals surface area contributed by atoms with Gasteiger partial charge in [0, 0.05) is 12.5 Å². The summed E-state index contributed by atoms with van der Waals surface area (Å²) in [5, 5.41) is 0. The minimum absolute atomic E-state index is 0.109. The monoisotopic (exact) mass is 329 g/mol. The van der Waals surface area contributed by atoms with E-state index in [4.69, 9.17) is 10.5 Å². The van der Waals surface area contributed by atoms with Crippen molar-refractivity contribution < 1.29 is 14.3 Å². The Morgan fingerprint density at radius 1 is 1.42 bits per heavy atom. The van der Waals surface area contributed by atoms with Crippen molar-refractivity contribution in [3.8, 4) is 5.75 Å². The standard InChI is InChI=1S/C14H20BrNO3/c1-9(7-14(17)19-3)6-12(16)10-4-5-13(18-2)11(15)8-10/h4-5,8-9,12H,6-7,16H2,1-3H3. The zero-order valence-corrected chi connectivity index (χ0v) is 13.1. The summed E-state index contributed by atoms with van der Waals surface area (Å²) in [6, 6.07) is 5.67. The van der Waals surface area contributed by atoms with Crippen molar-refractivity contribution >= 4 is 21.9 Å². The van der Waals surface area contributed by atoms with Crippen molar-refractivity contribution in [1.82, 2.24) is 0 Å². The Labute approximate surface area is 122 Å². The van der Waals surface area contributed by atoms with Crippen molar-refractivity contribution in [3.63, 3.8) is 0 Å². The molecule has 2 N–H and O–H groups in total. The fraction of sp³-hybridized carbons (Fsp3) is 0.500. The number of hydrogen-bond donors (Lipinski definition) is 1. The maximum absolute atomic E-state index is 11.2. The van der Waals surface area contributed by atoms with Gasteiger partial charge in [0.1, 0.15) is 5.75 Å². The van der Waals surface area contributed by atoms with Crippen LogP contribution in [-0.4, -0.2) is 20.2 Å². The second kappa shape index (κ2) is 7.50. The Hall–Kier alpha value is -1.07. The van der Waals surface area contributed by atoms with Crippen LogP contribution >= 0.6 is 15.9 Å². The van der Waals surface area contributed by atoms with Gasteiger partial charge in [0.2, 0.25) is 0 Å². The van der Waals surface area contributed by atoms with Crippen LogP contribution in [0.5, 0.6) is 5.75 Å². The highest BCUT2D eigenvalue weighted by Crippen LogP contribution is 2.29. The number of halogens is 1. The van der Waals surface area contributed by atoms with E-state index in [-0.39, 0.29) is 17.9 Å². The molecule has 0 bridgehead atoms. The Morgan fingerprint density at radius 3 is 2.63 bits per heavy atom. The molecule has 0 spiro atoms. The topological polar surface area (TPSA) is 61.5 Å². The number of carbonyl (C=O) groups is 1. The summed E-state index contributed by atoms with van der Waals surface area (Å²) in [5.41, 5.74) is 7.18. The molecule has 0 radical (unpaired) electrons. The van der Waals surface area contributed by atoms with Gasteiger partial charge in [0.15, 0.2) is 0 Å². The normalized spacial score (nSPS) is 13.7. The van der Waals surface area contributed by atoms with Gasteiger partial charge in [-0.15, -0.1) is 0 Å². The molecular weight excluding hydrogens is 310 g/mol. The van der Waals surface area contributed by atoms with Gasteiger partial charge < -0.3 is 15.2 Å². The number of ether oxygens (including phenoxy) is 2. The van der Waals surface area contributed by atoms with Gasteiger partial charge in [-0.2, -0.15) is 0 Å². The van der Waals surface area contributed by atoms with Gasteiger partial charge in [0.25, 0.3) is 0 Å². The van der Waals surface area contributed by atoms with Crippen LogP contribution in [0.15, 0.2) is 22.7 Å². The zero-order valence-electron chi connectivity index (χ0n) is 11.5.